The zero-order valence-corrected chi connectivity index (χ0v) is 16.0. The molecule has 26 heavy (non-hydrogen) atoms. The molecule has 1 saturated heterocycles. The van der Waals surface area contributed by atoms with Gasteiger partial charge in [-0.3, -0.25) is 9.89 Å². The number of nitrogens with one attached hydrogen (secondary N) is 1. The summed E-state index contributed by atoms with van der Waals surface area (Å²) in [5, 5.41) is 7.32. The average Bonchev–Trinajstić information content (AvgIpc) is 3.38. The van der Waals surface area contributed by atoms with Gasteiger partial charge in [-0.2, -0.15) is 5.10 Å². The van der Waals surface area contributed by atoms with Crippen molar-refractivity contribution in [3.63, 3.8) is 0 Å². The highest BCUT2D eigenvalue weighted by Gasteiger charge is 2.25. The number of thioether (sulfide) groups is 1. The summed E-state index contributed by atoms with van der Waals surface area (Å²) in [6.07, 6.45) is 3.65. The quantitative estimate of drug-likeness (QED) is 0.666. The molecule has 1 amide bonds. The van der Waals surface area contributed by atoms with E-state index in [-0.39, 0.29) is 12.0 Å². The van der Waals surface area contributed by atoms with E-state index in [4.69, 9.17) is 9.15 Å². The molecule has 2 aromatic heterocycles. The van der Waals surface area contributed by atoms with Gasteiger partial charge in [0.15, 0.2) is 10.9 Å². The van der Waals surface area contributed by atoms with Crippen LogP contribution in [0.3, 0.4) is 0 Å². The monoisotopic (exact) mass is 379 g/mol. The summed E-state index contributed by atoms with van der Waals surface area (Å²) in [6, 6.07) is 3.59. The smallest absolute Gasteiger partial charge is 0.289 e. The SMILES string of the molecule is CN(C)CCN(C[C@@H]1CCCO1)C(=O)c1ccc(CSc2ncn[nH]2)o1. The molecule has 0 aromatic carbocycles. The van der Waals surface area contributed by atoms with Gasteiger partial charge in [-0.05, 0) is 39.1 Å². The Morgan fingerprint density at radius 3 is 2.96 bits per heavy atom. The van der Waals surface area contributed by atoms with Gasteiger partial charge in [0.2, 0.25) is 0 Å². The van der Waals surface area contributed by atoms with E-state index in [0.717, 1.165) is 36.9 Å². The van der Waals surface area contributed by atoms with Crippen molar-refractivity contribution in [2.45, 2.75) is 29.9 Å². The Morgan fingerprint density at radius 1 is 1.38 bits per heavy atom. The van der Waals surface area contributed by atoms with Gasteiger partial charge in [-0.15, -0.1) is 0 Å². The predicted octanol–water partition coefficient (Wildman–Crippen LogP) is 1.87. The number of ether oxygens (including phenoxy) is 1. The number of likely N-dealkylation sites (N-methyl/N-ethyl adjacent to an activating group) is 1. The largest absolute Gasteiger partial charge is 0.455 e. The molecule has 1 aliphatic heterocycles. The Kier molecular flexibility index (Phi) is 6.70. The van der Waals surface area contributed by atoms with Crippen molar-refractivity contribution in [3.8, 4) is 0 Å². The van der Waals surface area contributed by atoms with Crippen LogP contribution in [0.1, 0.15) is 29.2 Å². The summed E-state index contributed by atoms with van der Waals surface area (Å²) in [7, 11) is 4.00. The average molecular weight is 379 g/mol. The summed E-state index contributed by atoms with van der Waals surface area (Å²) in [5.74, 6) is 1.61. The zero-order chi connectivity index (χ0) is 18.4. The first-order valence-corrected chi connectivity index (χ1v) is 9.73. The molecule has 0 spiro atoms. The second-order valence-corrected chi connectivity index (χ2v) is 7.50. The van der Waals surface area contributed by atoms with E-state index in [1.54, 1.807) is 6.07 Å². The Labute approximate surface area is 157 Å². The van der Waals surface area contributed by atoms with Crippen LogP contribution in [0.15, 0.2) is 28.0 Å². The number of aromatic nitrogens is 3. The van der Waals surface area contributed by atoms with E-state index >= 15 is 0 Å². The van der Waals surface area contributed by atoms with Crippen LogP contribution in [0, 0.1) is 0 Å². The zero-order valence-electron chi connectivity index (χ0n) is 15.2. The predicted molar refractivity (Wildman–Crippen MR) is 98.1 cm³/mol. The molecule has 8 nitrogen and oxygen atoms in total. The van der Waals surface area contributed by atoms with E-state index in [2.05, 4.69) is 20.1 Å². The molecule has 0 bridgehead atoms. The molecule has 3 heterocycles. The van der Waals surface area contributed by atoms with Crippen molar-refractivity contribution in [2.24, 2.45) is 0 Å². The number of amides is 1. The Balaban J connectivity index is 1.61. The molecule has 2 aromatic rings. The summed E-state index contributed by atoms with van der Waals surface area (Å²) >= 11 is 1.48. The lowest BCUT2D eigenvalue weighted by Crippen LogP contribution is -2.41. The standard InChI is InChI=1S/C17H25N5O3S/c1-21(2)7-8-22(10-13-4-3-9-24-13)16(23)15-6-5-14(25-15)11-26-17-18-12-19-20-17/h5-6,12-13H,3-4,7-11H2,1-2H3,(H,18,19,20)/t13-/m0/s1. The van der Waals surface area contributed by atoms with Crippen molar-refractivity contribution >= 4 is 17.7 Å². The van der Waals surface area contributed by atoms with Crippen LogP contribution in [0.25, 0.3) is 0 Å². The van der Waals surface area contributed by atoms with Gasteiger partial charge in [0, 0.05) is 26.2 Å². The number of hydrogen-bond donors (Lipinski definition) is 1. The maximum atomic E-state index is 12.9. The lowest BCUT2D eigenvalue weighted by Gasteiger charge is -2.26. The summed E-state index contributed by atoms with van der Waals surface area (Å²) in [5.41, 5.74) is 0. The fourth-order valence-corrected chi connectivity index (χ4v) is 3.43. The van der Waals surface area contributed by atoms with Gasteiger partial charge in [-0.1, -0.05) is 11.8 Å². The summed E-state index contributed by atoms with van der Waals surface area (Å²) in [4.78, 5) is 20.9. The summed E-state index contributed by atoms with van der Waals surface area (Å²) in [6.45, 7) is 2.83. The van der Waals surface area contributed by atoms with Gasteiger partial charge in [0.25, 0.3) is 5.91 Å². The minimum Gasteiger partial charge on any atom is -0.455 e. The molecule has 1 aliphatic rings. The second kappa shape index (κ2) is 9.20. The van der Waals surface area contributed by atoms with E-state index in [0.29, 0.717) is 24.6 Å². The molecule has 0 saturated carbocycles. The minimum atomic E-state index is -0.0849. The third kappa shape index (κ3) is 5.33. The normalized spacial score (nSPS) is 17.1. The Morgan fingerprint density at radius 2 is 2.27 bits per heavy atom. The van der Waals surface area contributed by atoms with E-state index in [1.807, 2.05) is 25.1 Å². The van der Waals surface area contributed by atoms with Gasteiger partial charge in [-0.25, -0.2) is 4.98 Å². The number of H-pyrrole nitrogens is 1. The van der Waals surface area contributed by atoms with Crippen LogP contribution in [-0.2, 0) is 10.5 Å². The highest BCUT2D eigenvalue weighted by Crippen LogP contribution is 2.21. The molecule has 142 valence electrons. The number of carbonyl (C=O) groups is 1. The molecule has 0 radical (unpaired) electrons. The van der Waals surface area contributed by atoms with Gasteiger partial charge < -0.3 is 19.0 Å². The third-order valence-corrected chi connectivity index (χ3v) is 5.07. The molecular weight excluding hydrogens is 354 g/mol. The van der Waals surface area contributed by atoms with Crippen molar-refractivity contribution in [1.82, 2.24) is 25.0 Å². The fraction of sp³-hybridized carbons (Fsp3) is 0.588. The minimum absolute atomic E-state index is 0.0849. The topological polar surface area (TPSA) is 87.5 Å². The van der Waals surface area contributed by atoms with Crippen molar-refractivity contribution in [2.75, 3.05) is 40.3 Å². The number of carbonyl (C=O) groups excluding carboxylic acids is 1. The lowest BCUT2D eigenvalue weighted by atomic mass is 10.2. The van der Waals surface area contributed by atoms with Crippen LogP contribution in [-0.4, -0.2) is 77.3 Å². The first-order chi connectivity index (χ1) is 12.6. The van der Waals surface area contributed by atoms with Crippen LogP contribution in [0.2, 0.25) is 0 Å². The molecule has 1 N–H and O–H groups in total. The van der Waals surface area contributed by atoms with Crippen LogP contribution in [0.4, 0.5) is 0 Å². The van der Waals surface area contributed by atoms with Crippen molar-refractivity contribution < 1.29 is 13.9 Å². The van der Waals surface area contributed by atoms with Gasteiger partial charge in [0.05, 0.1) is 11.9 Å². The highest BCUT2D eigenvalue weighted by atomic mass is 32.2. The lowest BCUT2D eigenvalue weighted by molar-refractivity contribution is 0.0488. The molecule has 0 aliphatic carbocycles. The number of rotatable bonds is 9. The number of aromatic amines is 1. The van der Waals surface area contributed by atoms with Crippen molar-refractivity contribution in [1.29, 1.82) is 0 Å². The molecular formula is C17H25N5O3S. The molecule has 9 heteroatoms. The van der Waals surface area contributed by atoms with E-state index in [1.165, 1.54) is 18.1 Å². The van der Waals surface area contributed by atoms with Crippen molar-refractivity contribution in [3.05, 3.63) is 30.0 Å². The van der Waals surface area contributed by atoms with E-state index in [9.17, 15) is 4.79 Å². The second-order valence-electron chi connectivity index (χ2n) is 6.53. The van der Waals surface area contributed by atoms with Crippen LogP contribution < -0.4 is 0 Å². The van der Waals surface area contributed by atoms with E-state index < -0.39 is 0 Å². The number of nitrogens with zero attached hydrogens (tertiary/aromatic N) is 4. The highest BCUT2D eigenvalue weighted by molar-refractivity contribution is 7.98. The fourth-order valence-electron chi connectivity index (χ4n) is 2.76. The molecule has 1 atom stereocenters. The maximum Gasteiger partial charge on any atom is 0.289 e. The van der Waals surface area contributed by atoms with Crippen LogP contribution >= 0.6 is 11.8 Å². The number of furan rings is 1. The summed E-state index contributed by atoms with van der Waals surface area (Å²) < 4.78 is 11.5. The Bertz CT molecular complexity index is 682. The first-order valence-electron chi connectivity index (χ1n) is 8.74. The molecule has 3 rings (SSSR count). The first kappa shape index (κ1) is 18.9. The maximum absolute atomic E-state index is 12.9. The van der Waals surface area contributed by atoms with Crippen LogP contribution in [0.5, 0.6) is 0 Å². The van der Waals surface area contributed by atoms with Gasteiger partial charge in [0.1, 0.15) is 12.1 Å². The number of hydrogen-bond acceptors (Lipinski definition) is 7. The van der Waals surface area contributed by atoms with Gasteiger partial charge >= 0.3 is 0 Å². The molecule has 0 unspecified atom stereocenters. The Hall–Kier alpha value is -1.84. The third-order valence-electron chi connectivity index (χ3n) is 4.17. The molecule has 1 fully saturated rings.